The summed E-state index contributed by atoms with van der Waals surface area (Å²) in [5.74, 6) is -0.486. The van der Waals surface area contributed by atoms with Gasteiger partial charge in [-0.2, -0.15) is 0 Å². The lowest BCUT2D eigenvalue weighted by Gasteiger charge is -2.31. The molecular formula is C14H10N2O3S. The van der Waals surface area contributed by atoms with E-state index in [1.165, 1.54) is 6.07 Å². The summed E-state index contributed by atoms with van der Waals surface area (Å²) in [6.45, 7) is 0. The third kappa shape index (κ3) is 1.26. The fourth-order valence-corrected chi connectivity index (χ4v) is 4.44. The van der Waals surface area contributed by atoms with Crippen molar-refractivity contribution in [1.29, 1.82) is 0 Å². The molecule has 0 aliphatic carbocycles. The third-order valence-electron chi connectivity index (χ3n) is 3.63. The molecule has 2 heterocycles. The molecule has 2 aromatic rings. The molecule has 6 heteroatoms. The smallest absolute Gasteiger partial charge is 0.271 e. The van der Waals surface area contributed by atoms with Crippen LogP contribution in [-0.2, 0) is 10.0 Å². The largest absolute Gasteiger partial charge is 0.360 e. The SMILES string of the molecule is O=C1c2ccccc2N[C@@H]2c3ccccc3S(=O)(=O)N12. The normalized spacial score (nSPS) is 21.7. The van der Waals surface area contributed by atoms with Gasteiger partial charge in [-0.3, -0.25) is 4.79 Å². The first-order valence-corrected chi connectivity index (χ1v) is 7.58. The minimum atomic E-state index is -3.78. The van der Waals surface area contributed by atoms with Crippen LogP contribution in [0.3, 0.4) is 0 Å². The van der Waals surface area contributed by atoms with Gasteiger partial charge in [0.2, 0.25) is 0 Å². The number of benzene rings is 2. The van der Waals surface area contributed by atoms with Crippen LogP contribution < -0.4 is 5.32 Å². The highest BCUT2D eigenvalue weighted by Crippen LogP contribution is 2.44. The van der Waals surface area contributed by atoms with E-state index >= 15 is 0 Å². The van der Waals surface area contributed by atoms with E-state index in [2.05, 4.69) is 5.32 Å². The van der Waals surface area contributed by atoms with Crippen molar-refractivity contribution in [2.24, 2.45) is 0 Å². The van der Waals surface area contributed by atoms with Crippen molar-refractivity contribution in [2.75, 3.05) is 5.32 Å². The van der Waals surface area contributed by atoms with E-state index in [9.17, 15) is 13.2 Å². The Balaban J connectivity index is 2.00. The molecule has 0 saturated heterocycles. The lowest BCUT2D eigenvalue weighted by atomic mass is 10.1. The zero-order valence-electron chi connectivity index (χ0n) is 10.3. The van der Waals surface area contributed by atoms with Gasteiger partial charge in [0.25, 0.3) is 15.9 Å². The minimum Gasteiger partial charge on any atom is -0.360 e. The predicted octanol–water partition coefficient (Wildman–Crippen LogP) is 1.96. The number of hydrogen-bond acceptors (Lipinski definition) is 4. The molecular weight excluding hydrogens is 276 g/mol. The summed E-state index contributed by atoms with van der Waals surface area (Å²) in [6.07, 6.45) is -0.654. The van der Waals surface area contributed by atoms with Gasteiger partial charge < -0.3 is 5.32 Å². The summed E-state index contributed by atoms with van der Waals surface area (Å²) in [5.41, 5.74) is 1.64. The van der Waals surface area contributed by atoms with E-state index in [4.69, 9.17) is 0 Å². The highest BCUT2D eigenvalue weighted by atomic mass is 32.2. The van der Waals surface area contributed by atoms with Gasteiger partial charge in [-0.25, -0.2) is 12.7 Å². The van der Waals surface area contributed by atoms with E-state index in [0.717, 1.165) is 4.31 Å². The Labute approximate surface area is 115 Å². The number of hydrogen-bond donors (Lipinski definition) is 1. The fraction of sp³-hybridized carbons (Fsp3) is 0.0714. The van der Waals surface area contributed by atoms with Crippen LogP contribution in [0.1, 0.15) is 22.1 Å². The van der Waals surface area contributed by atoms with Gasteiger partial charge in [0.1, 0.15) is 6.17 Å². The number of carbonyl (C=O) groups excluding carboxylic acids is 1. The lowest BCUT2D eigenvalue weighted by molar-refractivity contribution is 0.0829. The van der Waals surface area contributed by atoms with E-state index in [0.29, 0.717) is 16.8 Å². The molecule has 1 N–H and O–H groups in total. The number of nitrogens with one attached hydrogen (secondary N) is 1. The van der Waals surface area contributed by atoms with E-state index in [-0.39, 0.29) is 4.90 Å². The van der Waals surface area contributed by atoms with Crippen LogP contribution in [0.2, 0.25) is 0 Å². The number of amides is 1. The Hall–Kier alpha value is -2.34. The van der Waals surface area contributed by atoms with Gasteiger partial charge in [0, 0.05) is 11.3 Å². The molecule has 1 atom stereocenters. The second-order valence-corrected chi connectivity index (χ2v) is 6.52. The molecule has 2 aliphatic heterocycles. The summed E-state index contributed by atoms with van der Waals surface area (Å²) in [5, 5.41) is 3.13. The number of nitrogens with zero attached hydrogens (tertiary/aromatic N) is 1. The fourth-order valence-electron chi connectivity index (χ4n) is 2.74. The molecule has 0 spiro atoms. The predicted molar refractivity (Wildman–Crippen MR) is 72.6 cm³/mol. The maximum Gasteiger partial charge on any atom is 0.271 e. The third-order valence-corrected chi connectivity index (χ3v) is 5.46. The average molecular weight is 286 g/mol. The van der Waals surface area contributed by atoms with E-state index in [1.807, 2.05) is 6.07 Å². The van der Waals surface area contributed by atoms with Gasteiger partial charge in [-0.05, 0) is 18.2 Å². The van der Waals surface area contributed by atoms with Crippen molar-refractivity contribution in [1.82, 2.24) is 4.31 Å². The van der Waals surface area contributed by atoms with Crippen molar-refractivity contribution in [2.45, 2.75) is 11.1 Å². The number of para-hydroxylation sites is 1. The molecule has 0 fully saturated rings. The second-order valence-electron chi connectivity index (χ2n) is 4.74. The molecule has 0 unspecified atom stereocenters. The topological polar surface area (TPSA) is 66.5 Å². The summed E-state index contributed by atoms with van der Waals surface area (Å²) in [7, 11) is -3.78. The van der Waals surface area contributed by atoms with Crippen LogP contribution in [0.15, 0.2) is 53.4 Å². The van der Waals surface area contributed by atoms with Crippen LogP contribution in [0.25, 0.3) is 0 Å². The first kappa shape index (κ1) is 11.5. The van der Waals surface area contributed by atoms with Crippen LogP contribution in [0, 0.1) is 0 Å². The Morgan fingerprint density at radius 3 is 2.55 bits per heavy atom. The van der Waals surface area contributed by atoms with Crippen LogP contribution >= 0.6 is 0 Å². The highest BCUT2D eigenvalue weighted by Gasteiger charge is 2.48. The monoisotopic (exact) mass is 286 g/mol. The van der Waals surface area contributed by atoms with Gasteiger partial charge in [-0.15, -0.1) is 0 Å². The van der Waals surface area contributed by atoms with Crippen LogP contribution in [0.5, 0.6) is 0 Å². The summed E-state index contributed by atoms with van der Waals surface area (Å²) >= 11 is 0. The zero-order chi connectivity index (χ0) is 13.9. The first-order valence-electron chi connectivity index (χ1n) is 6.14. The molecule has 1 amide bonds. The lowest BCUT2D eigenvalue weighted by Crippen LogP contribution is -2.41. The number of rotatable bonds is 0. The van der Waals surface area contributed by atoms with Crippen molar-refractivity contribution in [3.8, 4) is 0 Å². The molecule has 0 saturated carbocycles. The summed E-state index contributed by atoms with van der Waals surface area (Å²) in [4.78, 5) is 12.7. The van der Waals surface area contributed by atoms with Crippen molar-refractivity contribution in [3.63, 3.8) is 0 Å². The minimum absolute atomic E-state index is 0.193. The van der Waals surface area contributed by atoms with E-state index < -0.39 is 22.1 Å². The molecule has 0 aromatic heterocycles. The standard InChI is InChI=1S/C14H10N2O3S/c17-14-9-5-1-3-7-11(9)15-13-10-6-2-4-8-12(10)20(18,19)16(13)14/h1-8,13,15H/t13-/m0/s1. The first-order chi connectivity index (χ1) is 9.60. The molecule has 2 aromatic carbocycles. The molecule has 20 heavy (non-hydrogen) atoms. The number of fused-ring (bicyclic) bond motifs is 4. The summed E-state index contributed by atoms with van der Waals surface area (Å²) < 4.78 is 25.9. The molecule has 100 valence electrons. The Kier molecular flexibility index (Phi) is 2.07. The molecule has 5 nitrogen and oxygen atoms in total. The molecule has 2 aliphatic rings. The van der Waals surface area contributed by atoms with Gasteiger partial charge in [0.05, 0.1) is 10.5 Å². The Bertz CT molecular complexity index is 845. The average Bonchev–Trinajstić information content (AvgIpc) is 2.69. The number of carbonyl (C=O) groups is 1. The van der Waals surface area contributed by atoms with Crippen LogP contribution in [0.4, 0.5) is 5.69 Å². The number of anilines is 1. The Morgan fingerprint density at radius 1 is 1.00 bits per heavy atom. The van der Waals surface area contributed by atoms with Crippen molar-refractivity contribution >= 4 is 21.6 Å². The maximum atomic E-state index is 12.5. The quantitative estimate of drug-likeness (QED) is 0.804. The molecule has 0 bridgehead atoms. The second kappa shape index (κ2) is 3.61. The van der Waals surface area contributed by atoms with Crippen molar-refractivity contribution in [3.05, 3.63) is 59.7 Å². The van der Waals surface area contributed by atoms with Crippen molar-refractivity contribution < 1.29 is 13.2 Å². The summed E-state index contributed by atoms with van der Waals surface area (Å²) in [6, 6.07) is 13.6. The molecule has 0 radical (unpaired) electrons. The maximum absolute atomic E-state index is 12.5. The van der Waals surface area contributed by atoms with E-state index in [1.54, 1.807) is 36.4 Å². The van der Waals surface area contributed by atoms with Crippen LogP contribution in [-0.4, -0.2) is 18.6 Å². The highest BCUT2D eigenvalue weighted by molar-refractivity contribution is 7.90. The Morgan fingerprint density at radius 2 is 1.70 bits per heavy atom. The van der Waals surface area contributed by atoms with Gasteiger partial charge >= 0.3 is 0 Å². The van der Waals surface area contributed by atoms with Gasteiger partial charge in [-0.1, -0.05) is 30.3 Å². The zero-order valence-corrected chi connectivity index (χ0v) is 11.1. The van der Waals surface area contributed by atoms with Gasteiger partial charge in [0.15, 0.2) is 0 Å². The molecule has 4 rings (SSSR count). The number of sulfonamides is 1.